The molecular weight excluding hydrogens is 326 g/mol. The van der Waals surface area contributed by atoms with Gasteiger partial charge in [0, 0.05) is 6.04 Å². The third kappa shape index (κ3) is 2.87. The Morgan fingerprint density at radius 2 is 1.81 bits per heavy atom. The number of hydrogen-bond acceptors (Lipinski definition) is 2. The summed E-state index contributed by atoms with van der Waals surface area (Å²) in [6.45, 7) is 15.4. The molecule has 1 aliphatic rings. The molecule has 0 heterocycles. The minimum atomic E-state index is 0.366. The first-order valence-electron chi connectivity index (χ1n) is 7.93. The van der Waals surface area contributed by atoms with Gasteiger partial charge in [0.25, 0.3) is 0 Å². The Balaban J connectivity index is 2.30. The molecule has 3 heteroatoms. The number of rotatable bonds is 6. The molecule has 1 N–H and O–H groups in total. The molecule has 0 aliphatic heterocycles. The van der Waals surface area contributed by atoms with Gasteiger partial charge in [0.1, 0.15) is 5.75 Å². The molecule has 1 aliphatic carbocycles. The Morgan fingerprint density at radius 1 is 1.19 bits per heavy atom. The standard InChI is InChI=1S/C18H28BrNO/c1-7-20-15(16-17(3,4)18(16,5)6)12-9-10-14(21-8-2)13(19)11-12/h9-11,15-16,20H,7-8H2,1-6H3. The van der Waals surface area contributed by atoms with Crippen molar-refractivity contribution in [3.05, 3.63) is 28.2 Å². The maximum Gasteiger partial charge on any atom is 0.133 e. The van der Waals surface area contributed by atoms with Crippen LogP contribution >= 0.6 is 15.9 Å². The maximum atomic E-state index is 5.62. The average Bonchev–Trinajstić information content (AvgIpc) is 2.80. The van der Waals surface area contributed by atoms with Crippen molar-refractivity contribution in [1.82, 2.24) is 5.32 Å². The second kappa shape index (κ2) is 5.92. The summed E-state index contributed by atoms with van der Waals surface area (Å²) >= 11 is 3.64. The lowest BCUT2D eigenvalue weighted by molar-refractivity contribution is 0.337. The smallest absolute Gasteiger partial charge is 0.133 e. The van der Waals surface area contributed by atoms with E-state index in [1.54, 1.807) is 0 Å². The number of halogens is 1. The first-order valence-corrected chi connectivity index (χ1v) is 8.72. The van der Waals surface area contributed by atoms with E-state index in [9.17, 15) is 0 Å². The normalized spacial score (nSPS) is 21.1. The van der Waals surface area contributed by atoms with Gasteiger partial charge in [-0.05, 0) is 63.8 Å². The van der Waals surface area contributed by atoms with Crippen LogP contribution in [-0.4, -0.2) is 13.2 Å². The van der Waals surface area contributed by atoms with E-state index in [4.69, 9.17) is 4.74 Å². The molecule has 0 aromatic heterocycles. The summed E-state index contributed by atoms with van der Waals surface area (Å²) in [5.74, 6) is 1.57. The minimum Gasteiger partial charge on any atom is -0.493 e. The Bertz CT molecular complexity index is 496. The topological polar surface area (TPSA) is 21.3 Å². The van der Waals surface area contributed by atoms with E-state index in [1.807, 2.05) is 6.92 Å². The van der Waals surface area contributed by atoms with E-state index in [-0.39, 0.29) is 0 Å². The molecule has 0 saturated heterocycles. The molecule has 1 unspecified atom stereocenters. The van der Waals surface area contributed by atoms with Gasteiger partial charge in [-0.25, -0.2) is 0 Å². The van der Waals surface area contributed by atoms with Crippen LogP contribution < -0.4 is 10.1 Å². The van der Waals surface area contributed by atoms with Crippen molar-refractivity contribution < 1.29 is 4.74 Å². The summed E-state index contributed by atoms with van der Waals surface area (Å²) < 4.78 is 6.66. The summed E-state index contributed by atoms with van der Waals surface area (Å²) in [5.41, 5.74) is 2.08. The summed E-state index contributed by atoms with van der Waals surface area (Å²) in [6.07, 6.45) is 0. The quantitative estimate of drug-likeness (QED) is 0.760. The molecule has 1 aromatic carbocycles. The van der Waals surface area contributed by atoms with Gasteiger partial charge in [0.15, 0.2) is 0 Å². The molecule has 1 aromatic rings. The molecule has 0 radical (unpaired) electrons. The first-order chi connectivity index (χ1) is 9.77. The highest BCUT2D eigenvalue weighted by molar-refractivity contribution is 9.10. The Hall–Kier alpha value is -0.540. The van der Waals surface area contributed by atoms with Gasteiger partial charge in [0.05, 0.1) is 11.1 Å². The van der Waals surface area contributed by atoms with E-state index < -0.39 is 0 Å². The van der Waals surface area contributed by atoms with Gasteiger partial charge in [-0.15, -0.1) is 0 Å². The summed E-state index contributed by atoms with van der Waals surface area (Å²) in [4.78, 5) is 0. The number of ether oxygens (including phenoxy) is 1. The molecule has 1 saturated carbocycles. The summed E-state index contributed by atoms with van der Waals surface area (Å²) in [7, 11) is 0. The maximum absolute atomic E-state index is 5.62. The van der Waals surface area contributed by atoms with Gasteiger partial charge in [-0.1, -0.05) is 40.7 Å². The van der Waals surface area contributed by atoms with Gasteiger partial charge in [0.2, 0.25) is 0 Å². The van der Waals surface area contributed by atoms with Crippen molar-refractivity contribution >= 4 is 15.9 Å². The van der Waals surface area contributed by atoms with E-state index in [2.05, 4.69) is 74.1 Å². The molecule has 0 bridgehead atoms. The van der Waals surface area contributed by atoms with E-state index in [1.165, 1.54) is 5.56 Å². The highest BCUT2D eigenvalue weighted by Crippen LogP contribution is 2.72. The van der Waals surface area contributed by atoms with Crippen LogP contribution in [0.5, 0.6) is 5.75 Å². The average molecular weight is 354 g/mol. The predicted octanol–water partition coefficient (Wildman–Crippen LogP) is 5.18. The van der Waals surface area contributed by atoms with Crippen LogP contribution in [0.3, 0.4) is 0 Å². The first kappa shape index (κ1) is 16.8. The highest BCUT2D eigenvalue weighted by Gasteiger charge is 2.67. The fourth-order valence-electron chi connectivity index (χ4n) is 3.71. The number of benzene rings is 1. The van der Waals surface area contributed by atoms with Gasteiger partial charge in [-0.2, -0.15) is 0 Å². The summed E-state index contributed by atoms with van der Waals surface area (Å²) in [5, 5.41) is 3.69. The monoisotopic (exact) mass is 353 g/mol. The van der Waals surface area contributed by atoms with Crippen molar-refractivity contribution in [2.75, 3.05) is 13.2 Å². The molecule has 0 amide bonds. The third-order valence-corrected chi connectivity index (χ3v) is 6.12. The van der Waals surface area contributed by atoms with Gasteiger partial charge >= 0.3 is 0 Å². The van der Waals surface area contributed by atoms with Crippen LogP contribution in [0.15, 0.2) is 22.7 Å². The molecule has 1 fully saturated rings. The summed E-state index contributed by atoms with van der Waals surface area (Å²) in [6, 6.07) is 6.89. The van der Waals surface area contributed by atoms with Crippen molar-refractivity contribution in [1.29, 1.82) is 0 Å². The van der Waals surface area contributed by atoms with Crippen molar-refractivity contribution in [2.24, 2.45) is 16.7 Å². The molecule has 118 valence electrons. The van der Waals surface area contributed by atoms with E-state index in [0.717, 1.165) is 16.8 Å². The molecule has 21 heavy (non-hydrogen) atoms. The Labute approximate surface area is 137 Å². The number of hydrogen-bond donors (Lipinski definition) is 1. The van der Waals surface area contributed by atoms with E-state index in [0.29, 0.717) is 29.4 Å². The van der Waals surface area contributed by atoms with E-state index >= 15 is 0 Å². The van der Waals surface area contributed by atoms with Crippen LogP contribution in [0.1, 0.15) is 53.1 Å². The van der Waals surface area contributed by atoms with Crippen LogP contribution in [-0.2, 0) is 0 Å². The third-order valence-electron chi connectivity index (χ3n) is 5.50. The Kier molecular flexibility index (Phi) is 4.75. The molecule has 2 rings (SSSR count). The number of nitrogens with one attached hydrogen (secondary N) is 1. The predicted molar refractivity (Wildman–Crippen MR) is 92.8 cm³/mol. The van der Waals surface area contributed by atoms with Gasteiger partial charge in [-0.3, -0.25) is 0 Å². The second-order valence-corrected chi connectivity index (χ2v) is 7.93. The largest absolute Gasteiger partial charge is 0.493 e. The fourth-order valence-corrected chi connectivity index (χ4v) is 4.22. The lowest BCUT2D eigenvalue weighted by Crippen LogP contribution is -2.25. The SMILES string of the molecule is CCNC(c1ccc(OCC)c(Br)c1)C1C(C)(C)C1(C)C. The molecule has 1 atom stereocenters. The Morgan fingerprint density at radius 3 is 2.24 bits per heavy atom. The van der Waals surface area contributed by atoms with Crippen molar-refractivity contribution in [3.8, 4) is 5.75 Å². The zero-order valence-corrected chi connectivity index (χ0v) is 15.7. The van der Waals surface area contributed by atoms with Crippen molar-refractivity contribution in [2.45, 2.75) is 47.6 Å². The zero-order chi connectivity index (χ0) is 15.8. The highest BCUT2D eigenvalue weighted by atomic mass is 79.9. The second-order valence-electron chi connectivity index (χ2n) is 7.08. The fraction of sp³-hybridized carbons (Fsp3) is 0.667. The zero-order valence-electron chi connectivity index (χ0n) is 14.1. The van der Waals surface area contributed by atoms with Crippen LogP contribution in [0, 0.1) is 16.7 Å². The molecule has 2 nitrogen and oxygen atoms in total. The minimum absolute atomic E-state index is 0.366. The lowest BCUT2D eigenvalue weighted by Gasteiger charge is -2.22. The molecular formula is C18H28BrNO. The van der Waals surface area contributed by atoms with Gasteiger partial charge < -0.3 is 10.1 Å². The lowest BCUT2D eigenvalue weighted by atomic mass is 9.96. The van der Waals surface area contributed by atoms with Crippen LogP contribution in [0.2, 0.25) is 0 Å². The van der Waals surface area contributed by atoms with Crippen LogP contribution in [0.4, 0.5) is 0 Å². The van der Waals surface area contributed by atoms with Crippen LogP contribution in [0.25, 0.3) is 0 Å². The van der Waals surface area contributed by atoms with Crippen molar-refractivity contribution in [3.63, 3.8) is 0 Å². The molecule has 0 spiro atoms.